The van der Waals surface area contributed by atoms with Crippen molar-refractivity contribution in [2.24, 2.45) is 0 Å². The van der Waals surface area contributed by atoms with E-state index in [0.29, 0.717) is 47.7 Å². The monoisotopic (exact) mass is 395 g/mol. The molecule has 1 amide bonds. The van der Waals surface area contributed by atoms with Gasteiger partial charge in [-0.25, -0.2) is 4.39 Å². The topological polar surface area (TPSA) is 55.8 Å². The van der Waals surface area contributed by atoms with Gasteiger partial charge in [0.05, 0.1) is 14.2 Å². The van der Waals surface area contributed by atoms with Crippen LogP contribution in [0.5, 0.6) is 11.5 Å². The molecule has 29 heavy (non-hydrogen) atoms. The number of carbonyl (C=O) groups excluding carboxylic acids is 2. The number of ketones is 1. The first-order valence-corrected chi connectivity index (χ1v) is 9.60. The van der Waals surface area contributed by atoms with Crippen LogP contribution >= 0.6 is 0 Å². The standard InChI is InChI=1S/C23H22FNO4/c1-28-16-10-11-17(21(12-16)29-2)18-13-22(27)25(15-8-6-14(24)7-9-15)19-4-3-5-20(26)23(18)19/h6-12,18H,3-5,13H2,1-2H3. The molecule has 150 valence electrons. The minimum absolute atomic E-state index is 0.0498. The first-order valence-electron chi connectivity index (χ1n) is 9.60. The molecule has 6 heteroatoms. The van der Waals surface area contributed by atoms with Gasteiger partial charge in [0.15, 0.2) is 5.78 Å². The highest BCUT2D eigenvalue weighted by atomic mass is 19.1. The van der Waals surface area contributed by atoms with Gasteiger partial charge in [-0.3, -0.25) is 14.5 Å². The fourth-order valence-electron chi connectivity index (χ4n) is 4.25. The minimum Gasteiger partial charge on any atom is -0.497 e. The van der Waals surface area contributed by atoms with Gasteiger partial charge in [-0.05, 0) is 43.2 Å². The van der Waals surface area contributed by atoms with Crippen LogP contribution < -0.4 is 14.4 Å². The Morgan fingerprint density at radius 1 is 1.00 bits per heavy atom. The molecule has 0 saturated heterocycles. The number of halogens is 1. The van der Waals surface area contributed by atoms with Gasteiger partial charge in [-0.15, -0.1) is 0 Å². The van der Waals surface area contributed by atoms with E-state index in [4.69, 9.17) is 9.47 Å². The predicted octanol–water partition coefficient (Wildman–Crippen LogP) is 4.37. The van der Waals surface area contributed by atoms with Crippen LogP contribution in [0.3, 0.4) is 0 Å². The highest BCUT2D eigenvalue weighted by Gasteiger charge is 2.40. The zero-order chi connectivity index (χ0) is 20.5. The maximum absolute atomic E-state index is 13.4. The number of amides is 1. The lowest BCUT2D eigenvalue weighted by Gasteiger charge is -2.38. The van der Waals surface area contributed by atoms with Crippen LogP contribution in [0, 0.1) is 5.82 Å². The van der Waals surface area contributed by atoms with Crippen molar-refractivity contribution >= 4 is 17.4 Å². The molecule has 0 spiro atoms. The lowest BCUT2D eigenvalue weighted by Crippen LogP contribution is -2.40. The number of ether oxygens (including phenoxy) is 2. The highest BCUT2D eigenvalue weighted by Crippen LogP contribution is 2.46. The molecular weight excluding hydrogens is 373 g/mol. The molecule has 0 N–H and O–H groups in total. The van der Waals surface area contributed by atoms with E-state index in [2.05, 4.69) is 0 Å². The van der Waals surface area contributed by atoms with Gasteiger partial charge in [0, 0.05) is 47.3 Å². The molecule has 0 aromatic heterocycles. The van der Waals surface area contributed by atoms with Gasteiger partial charge in [0.25, 0.3) is 0 Å². The number of benzene rings is 2. The van der Waals surface area contributed by atoms with Crippen molar-refractivity contribution in [1.82, 2.24) is 0 Å². The number of hydrogen-bond donors (Lipinski definition) is 0. The zero-order valence-corrected chi connectivity index (χ0v) is 16.4. The average Bonchev–Trinajstić information content (AvgIpc) is 2.73. The third-order valence-corrected chi connectivity index (χ3v) is 5.58. The third kappa shape index (κ3) is 3.39. The number of anilines is 1. The fraction of sp³-hybridized carbons (Fsp3) is 0.304. The Hall–Kier alpha value is -3.15. The Bertz CT molecular complexity index is 996. The molecule has 0 saturated carbocycles. The van der Waals surface area contributed by atoms with Crippen LogP contribution in [0.25, 0.3) is 0 Å². The molecule has 1 aliphatic heterocycles. The van der Waals surface area contributed by atoms with E-state index in [1.807, 2.05) is 12.1 Å². The van der Waals surface area contributed by atoms with Gasteiger partial charge in [-0.1, -0.05) is 6.07 Å². The maximum Gasteiger partial charge on any atom is 0.232 e. The average molecular weight is 395 g/mol. The first-order chi connectivity index (χ1) is 14.0. The second-order valence-electron chi connectivity index (χ2n) is 7.21. The van der Waals surface area contributed by atoms with Gasteiger partial charge in [0.1, 0.15) is 17.3 Å². The van der Waals surface area contributed by atoms with E-state index < -0.39 is 0 Å². The molecule has 2 aromatic carbocycles. The highest BCUT2D eigenvalue weighted by molar-refractivity contribution is 6.07. The van der Waals surface area contributed by atoms with Crippen molar-refractivity contribution < 1.29 is 23.5 Å². The van der Waals surface area contributed by atoms with Crippen LogP contribution in [0.2, 0.25) is 0 Å². The number of hydrogen-bond acceptors (Lipinski definition) is 4. The third-order valence-electron chi connectivity index (χ3n) is 5.58. The number of rotatable bonds is 4. The first kappa shape index (κ1) is 19.2. The minimum atomic E-state index is -0.372. The predicted molar refractivity (Wildman–Crippen MR) is 107 cm³/mol. The second-order valence-corrected chi connectivity index (χ2v) is 7.21. The zero-order valence-electron chi connectivity index (χ0n) is 16.4. The SMILES string of the molecule is COc1ccc(C2CC(=O)N(c3ccc(F)cc3)C3=C2C(=O)CCC3)c(OC)c1. The summed E-state index contributed by atoms with van der Waals surface area (Å²) in [6, 6.07) is 11.2. The smallest absolute Gasteiger partial charge is 0.232 e. The molecule has 0 fully saturated rings. The summed E-state index contributed by atoms with van der Waals surface area (Å²) in [5, 5.41) is 0. The van der Waals surface area contributed by atoms with Gasteiger partial charge in [0.2, 0.25) is 5.91 Å². The van der Waals surface area contributed by atoms with Crippen LogP contribution in [0.1, 0.15) is 37.2 Å². The normalized spacial score (nSPS) is 19.3. The van der Waals surface area contributed by atoms with Crippen molar-refractivity contribution in [2.45, 2.75) is 31.6 Å². The number of Topliss-reactive ketones (excluding diaryl/α,β-unsaturated/α-hetero) is 1. The van der Waals surface area contributed by atoms with Crippen LogP contribution in [-0.4, -0.2) is 25.9 Å². The van der Waals surface area contributed by atoms with Crippen LogP contribution in [0.15, 0.2) is 53.7 Å². The van der Waals surface area contributed by atoms with Crippen LogP contribution in [-0.2, 0) is 9.59 Å². The van der Waals surface area contributed by atoms with Gasteiger partial charge < -0.3 is 9.47 Å². The van der Waals surface area contributed by atoms with Crippen molar-refractivity contribution in [3.05, 3.63) is 65.1 Å². The second kappa shape index (κ2) is 7.70. The quantitative estimate of drug-likeness (QED) is 0.771. The molecule has 0 bridgehead atoms. The van der Waals surface area contributed by atoms with Crippen LogP contribution in [0.4, 0.5) is 10.1 Å². The van der Waals surface area contributed by atoms with E-state index in [0.717, 1.165) is 5.56 Å². The molecule has 1 unspecified atom stereocenters. The largest absolute Gasteiger partial charge is 0.497 e. The van der Waals surface area contributed by atoms with Crippen molar-refractivity contribution in [3.63, 3.8) is 0 Å². The molecule has 2 aliphatic rings. The molecular formula is C23H22FNO4. The number of nitrogens with zero attached hydrogens (tertiary/aromatic N) is 1. The summed E-state index contributed by atoms with van der Waals surface area (Å²) in [6.07, 6.45) is 1.91. The summed E-state index contributed by atoms with van der Waals surface area (Å²) < 4.78 is 24.2. The van der Waals surface area contributed by atoms with Crippen molar-refractivity contribution in [1.29, 1.82) is 0 Å². The van der Waals surface area contributed by atoms with Crippen molar-refractivity contribution in [2.75, 3.05) is 19.1 Å². The lowest BCUT2D eigenvalue weighted by molar-refractivity contribution is -0.119. The fourth-order valence-corrected chi connectivity index (χ4v) is 4.25. The number of carbonyl (C=O) groups is 2. The van der Waals surface area contributed by atoms with E-state index in [9.17, 15) is 14.0 Å². The Morgan fingerprint density at radius 2 is 1.76 bits per heavy atom. The van der Waals surface area contributed by atoms with Crippen molar-refractivity contribution in [3.8, 4) is 11.5 Å². The van der Waals surface area contributed by atoms with Gasteiger partial charge >= 0.3 is 0 Å². The number of allylic oxidation sites excluding steroid dienone is 2. The molecule has 1 heterocycles. The lowest BCUT2D eigenvalue weighted by atomic mass is 9.77. The molecule has 5 nitrogen and oxygen atoms in total. The Labute approximate surface area is 168 Å². The summed E-state index contributed by atoms with van der Waals surface area (Å²) in [7, 11) is 3.14. The molecule has 4 rings (SSSR count). The van der Waals surface area contributed by atoms with E-state index >= 15 is 0 Å². The Balaban J connectivity index is 1.85. The Kier molecular flexibility index (Phi) is 5.09. The van der Waals surface area contributed by atoms with E-state index in [-0.39, 0.29) is 29.8 Å². The summed E-state index contributed by atoms with van der Waals surface area (Å²) in [5.74, 6) is 0.421. The van der Waals surface area contributed by atoms with E-state index in [1.54, 1.807) is 37.3 Å². The van der Waals surface area contributed by atoms with E-state index in [1.165, 1.54) is 12.1 Å². The molecule has 2 aromatic rings. The summed E-state index contributed by atoms with van der Waals surface area (Å²) >= 11 is 0. The number of methoxy groups -OCH3 is 2. The molecule has 1 atom stereocenters. The molecule has 1 aliphatic carbocycles. The Morgan fingerprint density at radius 3 is 2.45 bits per heavy atom. The summed E-state index contributed by atoms with van der Waals surface area (Å²) in [4.78, 5) is 27.7. The van der Waals surface area contributed by atoms with Gasteiger partial charge in [-0.2, -0.15) is 0 Å². The molecule has 0 radical (unpaired) electrons. The summed E-state index contributed by atoms with van der Waals surface area (Å²) in [6.45, 7) is 0. The maximum atomic E-state index is 13.4. The summed E-state index contributed by atoms with van der Waals surface area (Å²) in [5.41, 5.74) is 2.75.